The van der Waals surface area contributed by atoms with Gasteiger partial charge >= 0.3 is 0 Å². The highest BCUT2D eigenvalue weighted by Crippen LogP contribution is 2.35. The maximum absolute atomic E-state index is 6.05. The molecule has 310 valence electrons. The van der Waals surface area contributed by atoms with Gasteiger partial charge in [-0.3, -0.25) is 0 Å². The van der Waals surface area contributed by atoms with Gasteiger partial charge in [0.2, 0.25) is 0 Å². The van der Waals surface area contributed by atoms with E-state index in [4.69, 9.17) is 9.47 Å². The van der Waals surface area contributed by atoms with Gasteiger partial charge in [-0.25, -0.2) is 0 Å². The Morgan fingerprint density at radius 1 is 0.500 bits per heavy atom. The van der Waals surface area contributed by atoms with Crippen LogP contribution in [0.2, 0.25) is 0 Å². The van der Waals surface area contributed by atoms with Crippen LogP contribution in [0.1, 0.15) is 129 Å². The number of rotatable bonds is 20. The van der Waals surface area contributed by atoms with Gasteiger partial charge in [0.15, 0.2) is 0 Å². The molecule has 2 unspecified atom stereocenters. The quantitative estimate of drug-likeness (QED) is 0.0783. The van der Waals surface area contributed by atoms with Crippen LogP contribution in [0, 0.1) is 37.5 Å². The second kappa shape index (κ2) is 24.4. The zero-order chi connectivity index (χ0) is 41.9. The Hall–Kier alpha value is -4.56. The second-order valence-corrected chi connectivity index (χ2v) is 17.5. The molecule has 5 rings (SSSR count). The van der Waals surface area contributed by atoms with Crippen LogP contribution in [-0.4, -0.2) is 13.2 Å². The zero-order valence-electron chi connectivity index (χ0n) is 37.7. The monoisotopic (exact) mass is 779 g/mol. The van der Waals surface area contributed by atoms with E-state index in [9.17, 15) is 0 Å². The van der Waals surface area contributed by atoms with E-state index in [-0.39, 0.29) is 0 Å². The van der Waals surface area contributed by atoms with Crippen molar-refractivity contribution in [2.24, 2.45) is 23.7 Å². The zero-order valence-corrected chi connectivity index (χ0v) is 37.7. The first-order chi connectivity index (χ1) is 28.0. The van der Waals surface area contributed by atoms with Crippen LogP contribution in [0.5, 0.6) is 11.5 Å². The average molecular weight is 779 g/mol. The molecule has 2 heteroatoms. The summed E-state index contributed by atoms with van der Waals surface area (Å²) < 4.78 is 12.0. The van der Waals surface area contributed by atoms with Crippen molar-refractivity contribution in [3.8, 4) is 33.8 Å². The molecule has 0 aliphatic rings. The van der Waals surface area contributed by atoms with Crippen molar-refractivity contribution in [2.75, 3.05) is 13.2 Å². The van der Waals surface area contributed by atoms with E-state index in [1.807, 2.05) is 0 Å². The minimum Gasteiger partial charge on any atom is -0.494 e. The topological polar surface area (TPSA) is 18.5 Å². The van der Waals surface area contributed by atoms with Crippen LogP contribution in [0.25, 0.3) is 45.2 Å². The third-order valence-electron chi connectivity index (χ3n) is 11.2. The first kappa shape index (κ1) is 46.1. The van der Waals surface area contributed by atoms with Gasteiger partial charge in [-0.2, -0.15) is 0 Å². The second-order valence-electron chi connectivity index (χ2n) is 17.5. The molecule has 0 N–H and O–H groups in total. The molecule has 58 heavy (non-hydrogen) atoms. The summed E-state index contributed by atoms with van der Waals surface area (Å²) in [5, 5.41) is 2.63. The van der Waals surface area contributed by atoms with E-state index in [1.165, 1.54) is 93.8 Å². The third-order valence-corrected chi connectivity index (χ3v) is 11.2. The van der Waals surface area contributed by atoms with Crippen molar-refractivity contribution < 1.29 is 9.47 Å². The van der Waals surface area contributed by atoms with Gasteiger partial charge in [0.05, 0.1) is 13.2 Å². The van der Waals surface area contributed by atoms with Crippen molar-refractivity contribution in [3.05, 3.63) is 131 Å². The van der Waals surface area contributed by atoms with E-state index in [1.54, 1.807) is 0 Å². The summed E-state index contributed by atoms with van der Waals surface area (Å²) in [5.41, 5.74) is 10.2. The molecule has 0 aliphatic heterocycles. The number of fused-ring (bicyclic) bond motifs is 1. The van der Waals surface area contributed by atoms with Crippen molar-refractivity contribution in [1.82, 2.24) is 0 Å². The number of benzene rings is 5. The van der Waals surface area contributed by atoms with Gasteiger partial charge in [0.25, 0.3) is 0 Å². The van der Waals surface area contributed by atoms with E-state index < -0.39 is 0 Å². The largest absolute Gasteiger partial charge is 0.494 e. The molecular weight excluding hydrogens is 705 g/mol. The normalized spacial score (nSPS) is 12.7. The Kier molecular flexibility index (Phi) is 19.4. The Labute approximate surface area is 353 Å². The fourth-order valence-electron chi connectivity index (χ4n) is 7.66. The molecule has 0 saturated heterocycles. The van der Waals surface area contributed by atoms with Crippen molar-refractivity contribution in [1.29, 1.82) is 0 Å². The molecule has 0 aromatic heterocycles. The fourth-order valence-corrected chi connectivity index (χ4v) is 7.66. The molecule has 2 atom stereocenters. The van der Waals surface area contributed by atoms with Gasteiger partial charge in [-0.1, -0.05) is 183 Å². The lowest BCUT2D eigenvalue weighted by atomic mass is 9.91. The first-order valence-electron chi connectivity index (χ1n) is 22.3. The van der Waals surface area contributed by atoms with Crippen LogP contribution >= 0.6 is 0 Å². The SMILES string of the molecule is C/C=C/c1c(-c2ccc(OCCC(C)CCCC(C)C)cc2)cc(C)c2ccccc12.C/C=C/c1ccc(C)cc1-c1ccc(OCCC(C)CCCC(C)C)cc1. The Balaban J connectivity index is 0.000000259. The van der Waals surface area contributed by atoms with Crippen LogP contribution in [0.15, 0.2) is 109 Å². The highest BCUT2D eigenvalue weighted by Gasteiger charge is 2.11. The number of aryl methyl sites for hydroxylation is 2. The molecule has 0 bridgehead atoms. The number of hydrogen-bond donors (Lipinski definition) is 0. The predicted molar refractivity (Wildman–Crippen MR) is 256 cm³/mol. The van der Waals surface area contributed by atoms with E-state index in [0.29, 0.717) is 0 Å². The van der Waals surface area contributed by atoms with E-state index in [2.05, 4.69) is 191 Å². The van der Waals surface area contributed by atoms with Crippen LogP contribution < -0.4 is 9.47 Å². The lowest BCUT2D eigenvalue weighted by Crippen LogP contribution is -2.04. The van der Waals surface area contributed by atoms with Crippen LogP contribution in [0.4, 0.5) is 0 Å². The lowest BCUT2D eigenvalue weighted by Gasteiger charge is -2.15. The standard InChI is InChI=1S/C30H38O.C26H36O/c1-6-10-28-29-14-8-7-13-27(29)24(5)21-30(28)25-15-17-26(18-16-25)31-20-19-23(4)12-9-11-22(2)3;1-6-8-23-12-11-22(5)19-26(23)24-13-15-25(16-14-24)27-18-17-21(4)10-7-9-20(2)3/h6-8,10,13-18,21-23H,9,11-12,19-20H2,1-5H3;6,8,11-16,19-21H,7,9-10,17-18H2,1-5H3/b10-6+;8-6+. The number of hydrogen-bond acceptors (Lipinski definition) is 2. The maximum Gasteiger partial charge on any atom is 0.119 e. The van der Waals surface area contributed by atoms with Crippen molar-refractivity contribution in [3.63, 3.8) is 0 Å². The number of ether oxygens (including phenoxy) is 2. The predicted octanol–water partition coefficient (Wildman–Crippen LogP) is 17.0. The number of allylic oxidation sites excluding steroid dienone is 2. The molecule has 0 radical (unpaired) electrons. The van der Waals surface area contributed by atoms with E-state index >= 15 is 0 Å². The molecule has 0 saturated carbocycles. The molecular formula is C56H74O2. The average Bonchev–Trinajstić information content (AvgIpc) is 3.20. The van der Waals surface area contributed by atoms with Crippen LogP contribution in [0.3, 0.4) is 0 Å². The molecule has 2 nitrogen and oxygen atoms in total. The summed E-state index contributed by atoms with van der Waals surface area (Å²) >= 11 is 0. The van der Waals surface area contributed by atoms with E-state index in [0.717, 1.165) is 61.2 Å². The minimum absolute atomic E-state index is 0.724. The summed E-state index contributed by atoms with van der Waals surface area (Å²) in [4.78, 5) is 0. The smallest absolute Gasteiger partial charge is 0.119 e. The lowest BCUT2D eigenvalue weighted by molar-refractivity contribution is 0.275. The Bertz CT molecular complexity index is 1990. The molecule has 5 aromatic carbocycles. The highest BCUT2D eigenvalue weighted by molar-refractivity contribution is 5.99. The third kappa shape index (κ3) is 15.0. The van der Waals surface area contributed by atoms with Gasteiger partial charge in [-0.15, -0.1) is 0 Å². The van der Waals surface area contributed by atoms with Crippen LogP contribution in [-0.2, 0) is 0 Å². The Morgan fingerprint density at radius 3 is 1.50 bits per heavy atom. The summed E-state index contributed by atoms with van der Waals surface area (Å²) in [6, 6.07) is 34.7. The fraction of sp³-hybridized carbons (Fsp3) is 0.429. The van der Waals surface area contributed by atoms with Gasteiger partial charge in [-0.05, 0) is 138 Å². The van der Waals surface area contributed by atoms with Gasteiger partial charge in [0, 0.05) is 0 Å². The summed E-state index contributed by atoms with van der Waals surface area (Å²) in [7, 11) is 0. The summed E-state index contributed by atoms with van der Waals surface area (Å²) in [5.74, 6) is 5.01. The van der Waals surface area contributed by atoms with Gasteiger partial charge in [0.1, 0.15) is 11.5 Å². The van der Waals surface area contributed by atoms with Gasteiger partial charge < -0.3 is 9.47 Å². The molecule has 0 spiro atoms. The highest BCUT2D eigenvalue weighted by atomic mass is 16.5. The van der Waals surface area contributed by atoms with Crippen molar-refractivity contribution >= 4 is 22.9 Å². The molecule has 0 aliphatic carbocycles. The molecule has 0 heterocycles. The molecule has 0 amide bonds. The van der Waals surface area contributed by atoms with Crippen molar-refractivity contribution in [2.45, 2.75) is 121 Å². The summed E-state index contributed by atoms with van der Waals surface area (Å²) in [6.45, 7) is 24.0. The Morgan fingerprint density at radius 2 is 1.00 bits per heavy atom. The minimum atomic E-state index is 0.724. The molecule has 0 fully saturated rings. The molecule has 5 aromatic rings. The summed E-state index contributed by atoms with van der Waals surface area (Å²) in [6.07, 6.45) is 18.8. The first-order valence-corrected chi connectivity index (χ1v) is 22.3. The maximum atomic E-state index is 6.05.